The largest absolute Gasteiger partial charge is 0.459 e. The van der Waals surface area contributed by atoms with Gasteiger partial charge in [0.05, 0.1) is 12.2 Å². The lowest BCUT2D eigenvalue weighted by Gasteiger charge is -2.14. The highest BCUT2D eigenvalue weighted by Crippen LogP contribution is 2.19. The number of hydrogen-bond donors (Lipinski definition) is 2. The van der Waals surface area contributed by atoms with Crippen LogP contribution in [0.4, 0.5) is 0 Å². The van der Waals surface area contributed by atoms with Crippen LogP contribution in [-0.4, -0.2) is 41.1 Å². The molecule has 134 valence electrons. The summed E-state index contributed by atoms with van der Waals surface area (Å²) in [6.07, 6.45) is 1.31. The fourth-order valence-electron chi connectivity index (χ4n) is 1.86. The zero-order valence-corrected chi connectivity index (χ0v) is 15.0. The molecule has 0 amide bonds. The minimum atomic E-state index is -0.809. The van der Waals surface area contributed by atoms with E-state index in [4.69, 9.17) is 19.9 Å². The second-order valence-corrected chi connectivity index (χ2v) is 5.34. The number of carbonyl (C=O) groups excluding carboxylic acids is 1. The van der Waals surface area contributed by atoms with Crippen LogP contribution in [0.2, 0.25) is 0 Å². The maximum absolute atomic E-state index is 11.9. The average Bonchev–Trinajstić information content (AvgIpc) is 2.96. The van der Waals surface area contributed by atoms with E-state index in [-0.39, 0.29) is 31.2 Å². The van der Waals surface area contributed by atoms with Gasteiger partial charge in [0.15, 0.2) is 12.5 Å². The van der Waals surface area contributed by atoms with Crippen LogP contribution in [0.3, 0.4) is 0 Å². The van der Waals surface area contributed by atoms with Crippen molar-refractivity contribution >= 4 is 40.4 Å². The van der Waals surface area contributed by atoms with E-state index in [9.17, 15) is 14.4 Å². The van der Waals surface area contributed by atoms with E-state index in [2.05, 4.69) is 20.9 Å². The fraction of sp³-hybridized carbons (Fsp3) is 0.462. The third-order valence-electron chi connectivity index (χ3n) is 3.02. The number of carbonyl (C=O) groups is 1. The molecule has 1 aromatic heterocycles. The summed E-state index contributed by atoms with van der Waals surface area (Å²) in [5.41, 5.74) is 4.51. The van der Waals surface area contributed by atoms with Crippen molar-refractivity contribution in [3.05, 3.63) is 37.6 Å². The molecule has 3 N–H and O–H groups in total. The number of hydrogen-bond acceptors (Lipinski definition) is 7. The van der Waals surface area contributed by atoms with Crippen LogP contribution in [0.15, 0.2) is 20.8 Å². The Kier molecular flexibility index (Phi) is 7.84. The molecule has 9 nitrogen and oxygen atoms in total. The lowest BCUT2D eigenvalue weighted by atomic mass is 10.3. The first-order valence-corrected chi connectivity index (χ1v) is 7.65. The number of nitrogens with two attached hydrogens (primary N) is 1. The van der Waals surface area contributed by atoms with E-state index < -0.39 is 35.8 Å². The second kappa shape index (κ2) is 9.14. The molecule has 1 fully saturated rings. The van der Waals surface area contributed by atoms with Crippen molar-refractivity contribution < 1.29 is 19.0 Å². The van der Waals surface area contributed by atoms with Gasteiger partial charge in [0.25, 0.3) is 5.56 Å². The standard InChI is InChI=1S/C13H16BrN3O6.ClH/c1-7(15)12(19)22-6-10-21-5-9(23-10)17-4-8(2-3-14)11(18)16-13(17)20;/h2-4,7,9-10H,5-6,15H2,1H3,(H,16,18,20);1H/b3-2+;/t7-,9+,10+;/m1./s1. The van der Waals surface area contributed by atoms with Gasteiger partial charge in [0, 0.05) is 6.20 Å². The molecule has 1 aliphatic heterocycles. The summed E-state index contributed by atoms with van der Waals surface area (Å²) >= 11 is 3.07. The van der Waals surface area contributed by atoms with Crippen LogP contribution in [0.25, 0.3) is 6.08 Å². The SMILES string of the molecule is C[C@@H](N)C(=O)OC[C@H]1OC[C@@H](n2cc(/C=C/Br)c(=O)[nH]c2=O)O1.Cl. The van der Waals surface area contributed by atoms with Crippen LogP contribution in [-0.2, 0) is 19.0 Å². The average molecular weight is 427 g/mol. The fourth-order valence-corrected chi connectivity index (χ4v) is 2.14. The lowest BCUT2D eigenvalue weighted by Crippen LogP contribution is -2.34. The number of ether oxygens (including phenoxy) is 3. The molecule has 0 saturated carbocycles. The van der Waals surface area contributed by atoms with E-state index in [1.165, 1.54) is 28.7 Å². The van der Waals surface area contributed by atoms with Gasteiger partial charge in [0.2, 0.25) is 0 Å². The third-order valence-corrected chi connectivity index (χ3v) is 3.28. The van der Waals surface area contributed by atoms with Gasteiger partial charge in [-0.25, -0.2) is 4.79 Å². The number of H-pyrrole nitrogens is 1. The Morgan fingerprint density at radius 1 is 1.62 bits per heavy atom. The van der Waals surface area contributed by atoms with Gasteiger partial charge in [-0.2, -0.15) is 0 Å². The summed E-state index contributed by atoms with van der Waals surface area (Å²) in [6, 6.07) is -0.743. The molecule has 1 aromatic rings. The van der Waals surface area contributed by atoms with Gasteiger partial charge in [-0.05, 0) is 18.0 Å². The van der Waals surface area contributed by atoms with Crippen LogP contribution in [0, 0.1) is 0 Å². The topological polar surface area (TPSA) is 126 Å². The molecular formula is C13H17BrClN3O6. The van der Waals surface area contributed by atoms with Gasteiger partial charge in [-0.15, -0.1) is 12.4 Å². The molecule has 0 spiro atoms. The molecule has 0 unspecified atom stereocenters. The molecule has 11 heteroatoms. The smallest absolute Gasteiger partial charge is 0.330 e. The number of halogens is 2. The van der Waals surface area contributed by atoms with Gasteiger partial charge < -0.3 is 19.9 Å². The number of nitrogens with zero attached hydrogens (tertiary/aromatic N) is 1. The zero-order chi connectivity index (χ0) is 17.0. The van der Waals surface area contributed by atoms with Gasteiger partial charge >= 0.3 is 11.7 Å². The van der Waals surface area contributed by atoms with Crippen molar-refractivity contribution in [2.75, 3.05) is 13.2 Å². The quantitative estimate of drug-likeness (QED) is 0.639. The first-order chi connectivity index (χ1) is 10.9. The van der Waals surface area contributed by atoms with Crippen molar-refractivity contribution in [3.63, 3.8) is 0 Å². The molecule has 2 heterocycles. The molecule has 0 bridgehead atoms. The number of aromatic amines is 1. The Morgan fingerprint density at radius 2 is 2.33 bits per heavy atom. The van der Waals surface area contributed by atoms with E-state index in [1.807, 2.05) is 0 Å². The summed E-state index contributed by atoms with van der Waals surface area (Å²) in [5.74, 6) is -0.577. The van der Waals surface area contributed by atoms with Gasteiger partial charge in [-0.1, -0.05) is 15.9 Å². The molecule has 2 rings (SSSR count). The number of nitrogens with one attached hydrogen (secondary N) is 1. The Labute approximate surface area is 151 Å². The van der Waals surface area contributed by atoms with Crippen LogP contribution in [0.5, 0.6) is 0 Å². The number of aromatic nitrogens is 2. The molecule has 0 aromatic carbocycles. The monoisotopic (exact) mass is 425 g/mol. The Bertz CT molecular complexity index is 716. The summed E-state index contributed by atoms with van der Waals surface area (Å²) in [5, 5.41) is 0. The Morgan fingerprint density at radius 3 is 2.96 bits per heavy atom. The summed E-state index contributed by atoms with van der Waals surface area (Å²) < 4.78 is 16.9. The first-order valence-electron chi connectivity index (χ1n) is 6.74. The zero-order valence-electron chi connectivity index (χ0n) is 12.6. The van der Waals surface area contributed by atoms with Crippen molar-refractivity contribution in [2.45, 2.75) is 25.5 Å². The Balaban J connectivity index is 0.00000288. The lowest BCUT2D eigenvalue weighted by molar-refractivity contribution is -0.160. The van der Waals surface area contributed by atoms with E-state index in [1.54, 1.807) is 0 Å². The highest BCUT2D eigenvalue weighted by molar-refractivity contribution is 9.11. The van der Waals surface area contributed by atoms with Crippen LogP contribution >= 0.6 is 28.3 Å². The highest BCUT2D eigenvalue weighted by Gasteiger charge is 2.29. The summed E-state index contributed by atoms with van der Waals surface area (Å²) in [6.45, 7) is 1.44. The molecule has 0 radical (unpaired) electrons. The third kappa shape index (κ3) is 5.02. The number of rotatable bonds is 5. The normalized spacial score (nSPS) is 21.5. The minimum absolute atomic E-state index is 0. The van der Waals surface area contributed by atoms with E-state index in [0.717, 1.165) is 0 Å². The van der Waals surface area contributed by atoms with Crippen molar-refractivity contribution in [1.82, 2.24) is 9.55 Å². The molecule has 3 atom stereocenters. The predicted octanol–water partition coefficient (Wildman–Crippen LogP) is 0.0859. The molecule has 24 heavy (non-hydrogen) atoms. The molecule has 1 aliphatic rings. The molecular weight excluding hydrogens is 410 g/mol. The maximum atomic E-state index is 11.9. The summed E-state index contributed by atoms with van der Waals surface area (Å²) in [4.78, 5) is 38.5. The van der Waals surface area contributed by atoms with Crippen LogP contribution in [0.1, 0.15) is 18.7 Å². The van der Waals surface area contributed by atoms with Crippen LogP contribution < -0.4 is 17.0 Å². The van der Waals surface area contributed by atoms with E-state index in [0.29, 0.717) is 0 Å². The maximum Gasteiger partial charge on any atom is 0.330 e. The second-order valence-electron chi connectivity index (χ2n) is 4.82. The van der Waals surface area contributed by atoms with Gasteiger partial charge in [-0.3, -0.25) is 19.1 Å². The molecule has 1 saturated heterocycles. The highest BCUT2D eigenvalue weighted by atomic mass is 79.9. The van der Waals surface area contributed by atoms with Crippen molar-refractivity contribution in [1.29, 1.82) is 0 Å². The predicted molar refractivity (Wildman–Crippen MR) is 91.0 cm³/mol. The number of esters is 1. The summed E-state index contributed by atoms with van der Waals surface area (Å²) in [7, 11) is 0. The van der Waals surface area contributed by atoms with Gasteiger partial charge in [0.1, 0.15) is 12.6 Å². The molecule has 0 aliphatic carbocycles. The first kappa shape index (κ1) is 20.6. The van der Waals surface area contributed by atoms with E-state index >= 15 is 0 Å². The van der Waals surface area contributed by atoms with Crippen molar-refractivity contribution in [3.8, 4) is 0 Å². The Hall–Kier alpha value is -1.46. The minimum Gasteiger partial charge on any atom is -0.459 e. The van der Waals surface area contributed by atoms with Crippen molar-refractivity contribution in [2.24, 2.45) is 5.73 Å².